The average molecular weight is 350 g/mol. The largest absolute Gasteiger partial charge is 0.466 e. The van der Waals surface area contributed by atoms with Crippen LogP contribution in [0.25, 0.3) is 0 Å². The van der Waals surface area contributed by atoms with Crippen LogP contribution in [0.1, 0.15) is 44.2 Å². The van der Waals surface area contributed by atoms with E-state index in [1.807, 2.05) is 13.8 Å². The summed E-state index contributed by atoms with van der Waals surface area (Å²) in [6.45, 7) is 6.75. The highest BCUT2D eigenvalue weighted by Crippen LogP contribution is 2.20. The van der Waals surface area contributed by atoms with Crippen LogP contribution in [0.2, 0.25) is 0 Å². The van der Waals surface area contributed by atoms with Gasteiger partial charge in [-0.1, -0.05) is 13.8 Å². The van der Waals surface area contributed by atoms with Gasteiger partial charge in [0.05, 0.1) is 18.8 Å². The molecule has 1 N–H and O–H groups in total. The minimum Gasteiger partial charge on any atom is -0.466 e. The molecule has 1 aliphatic heterocycles. The lowest BCUT2D eigenvalue weighted by Crippen LogP contribution is -2.54. The number of nitrogens with one attached hydrogen (secondary N) is 1. The Labute approximate surface area is 147 Å². The molecule has 0 unspecified atom stereocenters. The summed E-state index contributed by atoms with van der Waals surface area (Å²) in [5.41, 5.74) is 0. The molecular formula is C18H26N2O5. The zero-order valence-corrected chi connectivity index (χ0v) is 15.0. The second-order valence-corrected chi connectivity index (χ2v) is 6.55. The van der Waals surface area contributed by atoms with Crippen molar-refractivity contribution in [1.29, 1.82) is 0 Å². The van der Waals surface area contributed by atoms with E-state index in [1.165, 1.54) is 6.26 Å². The van der Waals surface area contributed by atoms with Gasteiger partial charge in [-0.2, -0.15) is 0 Å². The van der Waals surface area contributed by atoms with E-state index in [9.17, 15) is 14.4 Å². The van der Waals surface area contributed by atoms with Crippen molar-refractivity contribution >= 4 is 17.8 Å². The second-order valence-electron chi connectivity index (χ2n) is 6.55. The summed E-state index contributed by atoms with van der Waals surface area (Å²) in [7, 11) is 0. The minimum atomic E-state index is -0.668. The molecule has 0 radical (unpaired) electrons. The Morgan fingerprint density at radius 1 is 1.40 bits per heavy atom. The number of hydrogen-bond donors (Lipinski definition) is 1. The van der Waals surface area contributed by atoms with Crippen LogP contribution in [0.4, 0.5) is 0 Å². The van der Waals surface area contributed by atoms with Gasteiger partial charge >= 0.3 is 5.97 Å². The number of amides is 2. The van der Waals surface area contributed by atoms with E-state index in [0.717, 1.165) is 6.42 Å². The van der Waals surface area contributed by atoms with Crippen LogP contribution in [0.3, 0.4) is 0 Å². The number of hydrogen-bond acceptors (Lipinski definition) is 5. The monoisotopic (exact) mass is 350 g/mol. The normalized spacial score (nSPS) is 18.7. The van der Waals surface area contributed by atoms with E-state index in [-0.39, 0.29) is 29.5 Å². The first-order valence-electron chi connectivity index (χ1n) is 8.73. The van der Waals surface area contributed by atoms with Crippen LogP contribution in [-0.2, 0) is 14.3 Å². The molecule has 2 heterocycles. The van der Waals surface area contributed by atoms with Crippen molar-refractivity contribution in [3.63, 3.8) is 0 Å². The van der Waals surface area contributed by atoms with Crippen LogP contribution in [0.5, 0.6) is 0 Å². The maximum atomic E-state index is 12.9. The molecule has 0 aromatic carbocycles. The number of esters is 1. The SMILES string of the molecule is CCOC(=O)[C@H]1CCCN(C(=O)[C@@H](NC(=O)c2ccco2)C(C)C)C1. The summed E-state index contributed by atoms with van der Waals surface area (Å²) < 4.78 is 10.2. The molecular weight excluding hydrogens is 324 g/mol. The van der Waals surface area contributed by atoms with Gasteiger partial charge in [0.1, 0.15) is 6.04 Å². The Morgan fingerprint density at radius 2 is 2.16 bits per heavy atom. The number of likely N-dealkylation sites (tertiary alicyclic amines) is 1. The van der Waals surface area contributed by atoms with Gasteiger partial charge in [0.15, 0.2) is 5.76 Å². The third-order valence-corrected chi connectivity index (χ3v) is 4.32. The average Bonchev–Trinajstić information content (AvgIpc) is 3.13. The molecule has 1 aromatic rings. The molecule has 7 nitrogen and oxygen atoms in total. The van der Waals surface area contributed by atoms with Gasteiger partial charge < -0.3 is 19.4 Å². The number of furan rings is 1. The molecule has 2 amide bonds. The molecule has 1 aromatic heterocycles. The number of nitrogens with zero attached hydrogens (tertiary/aromatic N) is 1. The Hall–Kier alpha value is -2.31. The number of piperidine rings is 1. The first-order valence-corrected chi connectivity index (χ1v) is 8.73. The minimum absolute atomic E-state index is 0.0885. The molecule has 2 rings (SSSR count). The maximum absolute atomic E-state index is 12.9. The van der Waals surface area contributed by atoms with E-state index in [2.05, 4.69) is 5.32 Å². The van der Waals surface area contributed by atoms with E-state index in [1.54, 1.807) is 24.0 Å². The lowest BCUT2D eigenvalue weighted by molar-refractivity contribution is -0.151. The van der Waals surface area contributed by atoms with Crippen molar-refractivity contribution in [3.8, 4) is 0 Å². The molecule has 25 heavy (non-hydrogen) atoms. The molecule has 0 saturated carbocycles. The van der Waals surface area contributed by atoms with Gasteiger partial charge in [-0.15, -0.1) is 0 Å². The summed E-state index contributed by atoms with van der Waals surface area (Å²) in [6.07, 6.45) is 2.87. The van der Waals surface area contributed by atoms with E-state index in [0.29, 0.717) is 26.1 Å². The standard InChI is InChI=1S/C18H26N2O5/c1-4-24-18(23)13-7-5-9-20(11-13)17(22)15(12(2)3)19-16(21)14-8-6-10-25-14/h6,8,10,12-13,15H,4-5,7,9,11H2,1-3H3,(H,19,21)/t13-,15-/m0/s1. The zero-order valence-electron chi connectivity index (χ0n) is 15.0. The van der Waals surface area contributed by atoms with Crippen molar-refractivity contribution in [3.05, 3.63) is 24.2 Å². The predicted molar refractivity (Wildman–Crippen MR) is 90.7 cm³/mol. The Bertz CT molecular complexity index is 597. The Kier molecular flexibility index (Phi) is 6.61. The van der Waals surface area contributed by atoms with E-state index in [4.69, 9.17) is 9.15 Å². The van der Waals surface area contributed by atoms with Crippen LogP contribution in [0, 0.1) is 11.8 Å². The Balaban J connectivity index is 2.03. The fourth-order valence-electron chi connectivity index (χ4n) is 2.96. The number of carbonyl (C=O) groups excluding carboxylic acids is 3. The second kappa shape index (κ2) is 8.69. The first kappa shape index (κ1) is 19.0. The van der Waals surface area contributed by atoms with E-state index < -0.39 is 11.9 Å². The van der Waals surface area contributed by atoms with Gasteiger partial charge in [-0.3, -0.25) is 14.4 Å². The summed E-state index contributed by atoms with van der Waals surface area (Å²) in [6, 6.07) is 2.50. The summed E-state index contributed by atoms with van der Waals surface area (Å²) in [5, 5.41) is 2.75. The van der Waals surface area contributed by atoms with Gasteiger partial charge in [-0.05, 0) is 37.8 Å². The van der Waals surface area contributed by atoms with Gasteiger partial charge in [0.25, 0.3) is 5.91 Å². The topological polar surface area (TPSA) is 88.9 Å². The van der Waals surface area contributed by atoms with E-state index >= 15 is 0 Å². The van der Waals surface area contributed by atoms with Crippen LogP contribution in [-0.4, -0.2) is 48.4 Å². The highest BCUT2D eigenvalue weighted by atomic mass is 16.5. The summed E-state index contributed by atoms with van der Waals surface area (Å²) in [4.78, 5) is 38.7. The van der Waals surface area contributed by atoms with Gasteiger partial charge in [-0.25, -0.2) is 0 Å². The molecule has 1 saturated heterocycles. The molecule has 0 aliphatic carbocycles. The molecule has 1 fully saturated rings. The summed E-state index contributed by atoms with van der Waals surface area (Å²) >= 11 is 0. The predicted octanol–water partition coefficient (Wildman–Crippen LogP) is 1.84. The maximum Gasteiger partial charge on any atom is 0.310 e. The summed E-state index contributed by atoms with van der Waals surface area (Å²) in [5.74, 6) is -1.08. The van der Waals surface area contributed by atoms with Crippen molar-refractivity contribution in [2.75, 3.05) is 19.7 Å². The zero-order chi connectivity index (χ0) is 18.4. The molecule has 0 spiro atoms. The third-order valence-electron chi connectivity index (χ3n) is 4.32. The molecule has 138 valence electrons. The highest BCUT2D eigenvalue weighted by molar-refractivity contribution is 5.95. The van der Waals surface area contributed by atoms with Crippen molar-refractivity contribution in [2.45, 2.75) is 39.7 Å². The third kappa shape index (κ3) is 4.84. The van der Waals surface area contributed by atoms with Crippen LogP contribution < -0.4 is 5.32 Å². The fourth-order valence-corrected chi connectivity index (χ4v) is 2.96. The number of carbonyl (C=O) groups is 3. The molecule has 7 heteroatoms. The highest BCUT2D eigenvalue weighted by Gasteiger charge is 2.34. The molecule has 2 atom stereocenters. The lowest BCUT2D eigenvalue weighted by atomic mass is 9.95. The Morgan fingerprint density at radius 3 is 2.76 bits per heavy atom. The van der Waals surface area contributed by atoms with Crippen molar-refractivity contribution in [1.82, 2.24) is 10.2 Å². The van der Waals surface area contributed by atoms with Crippen molar-refractivity contribution in [2.24, 2.45) is 11.8 Å². The first-order chi connectivity index (χ1) is 11.9. The fraction of sp³-hybridized carbons (Fsp3) is 0.611. The van der Waals surface area contributed by atoms with Gasteiger partial charge in [0, 0.05) is 13.1 Å². The van der Waals surface area contributed by atoms with Crippen LogP contribution >= 0.6 is 0 Å². The molecule has 0 bridgehead atoms. The van der Waals surface area contributed by atoms with Crippen LogP contribution in [0.15, 0.2) is 22.8 Å². The van der Waals surface area contributed by atoms with Crippen molar-refractivity contribution < 1.29 is 23.5 Å². The smallest absolute Gasteiger partial charge is 0.310 e. The number of rotatable bonds is 6. The van der Waals surface area contributed by atoms with Gasteiger partial charge in [0.2, 0.25) is 5.91 Å². The quantitative estimate of drug-likeness (QED) is 0.791. The lowest BCUT2D eigenvalue weighted by Gasteiger charge is -2.35. The molecule has 1 aliphatic rings. The number of ether oxygens (including phenoxy) is 1.